The Kier molecular flexibility index (Phi) is 5.38. The molecule has 8 heteroatoms. The second-order valence-corrected chi connectivity index (χ2v) is 5.72. The summed E-state index contributed by atoms with van der Waals surface area (Å²) in [6.07, 6.45) is -0.438. The lowest BCUT2D eigenvalue weighted by atomic mass is 10.0. The minimum absolute atomic E-state index is 0.00164. The fourth-order valence-electron chi connectivity index (χ4n) is 2.33. The number of carbonyl (C=O) groups excluding carboxylic acids is 2. The number of aromatic nitrogens is 1. The molecule has 23 heavy (non-hydrogen) atoms. The maximum Gasteiger partial charge on any atom is 0.269 e. The van der Waals surface area contributed by atoms with Gasteiger partial charge in [0.1, 0.15) is 5.82 Å². The third-order valence-electron chi connectivity index (χ3n) is 3.51. The Balaban J connectivity index is 2.19. The average molecular weight is 321 g/mol. The van der Waals surface area contributed by atoms with Crippen LogP contribution in [0.3, 0.4) is 0 Å². The van der Waals surface area contributed by atoms with Gasteiger partial charge in [0.25, 0.3) is 5.91 Å². The number of pyridine rings is 1. The van der Waals surface area contributed by atoms with E-state index in [0.717, 1.165) is 0 Å². The van der Waals surface area contributed by atoms with E-state index >= 15 is 0 Å². The zero-order valence-corrected chi connectivity index (χ0v) is 13.4. The van der Waals surface area contributed by atoms with Crippen molar-refractivity contribution in [3.63, 3.8) is 0 Å². The Hall–Kier alpha value is -2.35. The molecule has 2 heterocycles. The lowest BCUT2D eigenvalue weighted by molar-refractivity contribution is -0.128. The molecule has 1 atom stereocenters. The van der Waals surface area contributed by atoms with Gasteiger partial charge >= 0.3 is 0 Å². The largest absolute Gasteiger partial charge is 0.476 e. The molecule has 1 aromatic rings. The highest BCUT2D eigenvalue weighted by Crippen LogP contribution is 2.34. The molecule has 1 unspecified atom stereocenters. The highest BCUT2D eigenvalue weighted by Gasteiger charge is 2.37. The van der Waals surface area contributed by atoms with Crippen molar-refractivity contribution in [3.05, 3.63) is 12.1 Å². The number of nitrogen functional groups attached to an aromatic ring is 1. The van der Waals surface area contributed by atoms with Crippen molar-refractivity contribution in [2.45, 2.75) is 26.4 Å². The van der Waals surface area contributed by atoms with Crippen molar-refractivity contribution in [2.75, 3.05) is 30.3 Å². The Morgan fingerprint density at radius 2 is 2.22 bits per heavy atom. The molecule has 0 saturated heterocycles. The Labute approximate surface area is 135 Å². The van der Waals surface area contributed by atoms with Gasteiger partial charge in [-0.05, 0) is 18.1 Å². The van der Waals surface area contributed by atoms with Crippen molar-refractivity contribution in [1.82, 2.24) is 10.3 Å². The number of nitrogens with one attached hydrogen (secondary N) is 1. The third-order valence-corrected chi connectivity index (χ3v) is 3.51. The second-order valence-electron chi connectivity index (χ2n) is 5.72. The van der Waals surface area contributed by atoms with Crippen molar-refractivity contribution in [3.8, 4) is 5.75 Å². The summed E-state index contributed by atoms with van der Waals surface area (Å²) in [7, 11) is 0. The zero-order valence-electron chi connectivity index (χ0n) is 13.4. The first-order chi connectivity index (χ1) is 10.9. The highest BCUT2D eigenvalue weighted by atomic mass is 16.5. The van der Waals surface area contributed by atoms with Crippen LogP contribution in [0, 0.1) is 5.92 Å². The summed E-state index contributed by atoms with van der Waals surface area (Å²) in [6, 6.07) is 3.32. The molecule has 126 valence electrons. The minimum Gasteiger partial charge on any atom is -0.476 e. The number of nitrogens with two attached hydrogens (primary N) is 2. The molecule has 0 fully saturated rings. The van der Waals surface area contributed by atoms with Crippen LogP contribution in [0.15, 0.2) is 12.1 Å². The first kappa shape index (κ1) is 17.0. The molecule has 0 aliphatic carbocycles. The summed E-state index contributed by atoms with van der Waals surface area (Å²) in [5, 5.41) is 2.68. The topological polar surface area (TPSA) is 124 Å². The number of hydrogen-bond donors (Lipinski definition) is 3. The van der Waals surface area contributed by atoms with Gasteiger partial charge in [0.05, 0.1) is 0 Å². The molecular weight excluding hydrogens is 298 g/mol. The van der Waals surface area contributed by atoms with E-state index in [4.69, 9.17) is 16.2 Å². The molecule has 5 N–H and O–H groups in total. The van der Waals surface area contributed by atoms with E-state index in [9.17, 15) is 9.59 Å². The molecule has 0 saturated carbocycles. The first-order valence-electron chi connectivity index (χ1n) is 7.65. The number of carbonyl (C=O) groups is 2. The van der Waals surface area contributed by atoms with Crippen LogP contribution >= 0.6 is 0 Å². The summed E-state index contributed by atoms with van der Waals surface area (Å²) in [5.74, 6) is 0.777. The fraction of sp³-hybridized carbons (Fsp3) is 0.533. The first-order valence-corrected chi connectivity index (χ1v) is 7.65. The van der Waals surface area contributed by atoms with E-state index < -0.39 is 6.10 Å². The monoisotopic (exact) mass is 321 g/mol. The Morgan fingerprint density at radius 1 is 1.48 bits per heavy atom. The zero-order chi connectivity index (χ0) is 17.0. The van der Waals surface area contributed by atoms with E-state index in [1.165, 1.54) is 4.90 Å². The van der Waals surface area contributed by atoms with Crippen LogP contribution in [0.5, 0.6) is 5.75 Å². The van der Waals surface area contributed by atoms with E-state index in [0.29, 0.717) is 30.5 Å². The molecular formula is C15H23N5O3. The van der Waals surface area contributed by atoms with E-state index in [2.05, 4.69) is 10.3 Å². The summed E-state index contributed by atoms with van der Waals surface area (Å²) < 4.78 is 5.74. The van der Waals surface area contributed by atoms with Gasteiger partial charge in [-0.15, -0.1) is 0 Å². The highest BCUT2D eigenvalue weighted by molar-refractivity contribution is 5.99. The quantitative estimate of drug-likeness (QED) is 0.671. The van der Waals surface area contributed by atoms with Gasteiger partial charge in [-0.3, -0.25) is 14.5 Å². The standard InChI is InChI=1S/C15H23N5O3/c1-9(2)13-15(22)20(8-5-12(21)18-7-6-16)14-10(23-13)3-4-11(17)19-14/h3-4,9,13H,5-8,16H2,1-2H3,(H2,17,19)(H,18,21). The van der Waals surface area contributed by atoms with Gasteiger partial charge in [-0.2, -0.15) is 0 Å². The van der Waals surface area contributed by atoms with Gasteiger partial charge in [0, 0.05) is 26.1 Å². The van der Waals surface area contributed by atoms with E-state index in [1.807, 2.05) is 13.8 Å². The molecule has 8 nitrogen and oxygen atoms in total. The molecule has 1 aliphatic rings. The number of hydrogen-bond acceptors (Lipinski definition) is 6. The number of nitrogens with zero attached hydrogens (tertiary/aromatic N) is 2. The van der Waals surface area contributed by atoms with Gasteiger partial charge in [-0.25, -0.2) is 4.98 Å². The van der Waals surface area contributed by atoms with E-state index in [-0.39, 0.29) is 30.7 Å². The Bertz CT molecular complexity index is 590. The van der Waals surface area contributed by atoms with E-state index in [1.54, 1.807) is 12.1 Å². The third kappa shape index (κ3) is 3.89. The molecule has 0 aromatic carbocycles. The second kappa shape index (κ2) is 7.28. The van der Waals surface area contributed by atoms with Crippen LogP contribution in [0.25, 0.3) is 0 Å². The molecule has 1 aromatic heterocycles. The normalized spacial score (nSPS) is 17.0. The van der Waals surface area contributed by atoms with Crippen molar-refractivity contribution < 1.29 is 14.3 Å². The molecule has 1 aliphatic heterocycles. The number of fused-ring (bicyclic) bond motifs is 1. The molecule has 2 rings (SSSR count). The molecule has 2 amide bonds. The van der Waals surface area contributed by atoms with Crippen LogP contribution < -0.4 is 26.4 Å². The minimum atomic E-state index is -0.597. The van der Waals surface area contributed by atoms with Gasteiger partial charge in [0.2, 0.25) is 5.91 Å². The average Bonchev–Trinajstić information content (AvgIpc) is 2.51. The van der Waals surface area contributed by atoms with Crippen molar-refractivity contribution in [2.24, 2.45) is 11.7 Å². The van der Waals surface area contributed by atoms with Gasteiger partial charge in [-0.1, -0.05) is 13.8 Å². The summed E-state index contributed by atoms with van der Waals surface area (Å²) in [5.41, 5.74) is 11.1. The summed E-state index contributed by atoms with van der Waals surface area (Å²) in [6.45, 7) is 4.81. The van der Waals surface area contributed by atoms with Crippen molar-refractivity contribution in [1.29, 1.82) is 0 Å². The number of amides is 2. The molecule has 0 radical (unpaired) electrons. The van der Waals surface area contributed by atoms with Crippen LogP contribution in [0.4, 0.5) is 11.6 Å². The predicted molar refractivity (Wildman–Crippen MR) is 86.9 cm³/mol. The van der Waals surface area contributed by atoms with Crippen LogP contribution in [0.1, 0.15) is 20.3 Å². The number of anilines is 2. The van der Waals surface area contributed by atoms with Crippen LogP contribution in [0.2, 0.25) is 0 Å². The Morgan fingerprint density at radius 3 is 2.87 bits per heavy atom. The lowest BCUT2D eigenvalue weighted by Gasteiger charge is -2.35. The van der Waals surface area contributed by atoms with Crippen molar-refractivity contribution >= 4 is 23.5 Å². The van der Waals surface area contributed by atoms with Gasteiger partial charge in [0.15, 0.2) is 17.7 Å². The molecule has 0 spiro atoms. The maximum atomic E-state index is 12.6. The smallest absolute Gasteiger partial charge is 0.269 e. The fourth-order valence-corrected chi connectivity index (χ4v) is 2.33. The SMILES string of the molecule is CC(C)C1Oc2ccc(N)nc2N(CCC(=O)NCCN)C1=O. The molecule has 0 bridgehead atoms. The number of ether oxygens (including phenoxy) is 1. The summed E-state index contributed by atoms with van der Waals surface area (Å²) >= 11 is 0. The maximum absolute atomic E-state index is 12.6. The van der Waals surface area contributed by atoms with Crippen LogP contribution in [-0.2, 0) is 9.59 Å². The predicted octanol–water partition coefficient (Wildman–Crippen LogP) is -0.121. The van der Waals surface area contributed by atoms with Gasteiger partial charge < -0.3 is 21.5 Å². The summed E-state index contributed by atoms with van der Waals surface area (Å²) in [4.78, 5) is 30.1. The number of rotatable bonds is 6. The lowest BCUT2D eigenvalue weighted by Crippen LogP contribution is -2.49. The van der Waals surface area contributed by atoms with Crippen LogP contribution in [-0.4, -0.2) is 42.5 Å².